The van der Waals surface area contributed by atoms with Crippen LogP contribution in [-0.2, 0) is 16.6 Å². The number of hydrogen-bond donors (Lipinski definition) is 1. The predicted molar refractivity (Wildman–Crippen MR) is 127 cm³/mol. The topological polar surface area (TPSA) is 65.0 Å². The molecule has 0 aliphatic carbocycles. The summed E-state index contributed by atoms with van der Waals surface area (Å²) in [5, 5.41) is 3.38. The van der Waals surface area contributed by atoms with Crippen molar-refractivity contribution < 1.29 is 8.42 Å². The second-order valence-electron chi connectivity index (χ2n) is 8.19. The summed E-state index contributed by atoms with van der Waals surface area (Å²) < 4.78 is 27.7. The average molecular weight is 541 g/mol. The van der Waals surface area contributed by atoms with E-state index in [9.17, 15) is 8.42 Å². The van der Waals surface area contributed by atoms with Crippen LogP contribution >= 0.6 is 35.3 Å². The molecule has 0 bridgehead atoms. The van der Waals surface area contributed by atoms with E-state index in [2.05, 4.69) is 31.0 Å². The normalized spacial score (nSPS) is 20.8. The van der Waals surface area contributed by atoms with Crippen LogP contribution in [0.2, 0.25) is 0 Å². The summed E-state index contributed by atoms with van der Waals surface area (Å²) in [5.74, 6) is 0.928. The molecule has 2 fully saturated rings. The Morgan fingerprint density at radius 2 is 1.93 bits per heavy atom. The van der Waals surface area contributed by atoms with E-state index in [-0.39, 0.29) is 24.0 Å². The van der Waals surface area contributed by atoms with Gasteiger partial charge in [-0.05, 0) is 43.7 Å². The highest BCUT2D eigenvalue weighted by atomic mass is 127. The van der Waals surface area contributed by atoms with Crippen molar-refractivity contribution in [2.24, 2.45) is 10.4 Å². The Morgan fingerprint density at radius 3 is 2.54 bits per heavy atom. The molecular formula is C19H33IN4O2S2. The zero-order valence-corrected chi connectivity index (χ0v) is 21.1. The van der Waals surface area contributed by atoms with Crippen LogP contribution in [0.15, 0.2) is 21.3 Å². The summed E-state index contributed by atoms with van der Waals surface area (Å²) in [5.41, 5.74) is 0.314. The van der Waals surface area contributed by atoms with E-state index in [1.54, 1.807) is 10.4 Å². The van der Waals surface area contributed by atoms with E-state index in [1.165, 1.54) is 11.3 Å². The van der Waals surface area contributed by atoms with Crippen molar-refractivity contribution in [1.29, 1.82) is 0 Å². The van der Waals surface area contributed by atoms with Crippen molar-refractivity contribution >= 4 is 51.3 Å². The second-order valence-corrected chi connectivity index (χ2v) is 11.5. The van der Waals surface area contributed by atoms with E-state index in [0.717, 1.165) is 56.2 Å². The molecule has 1 N–H and O–H groups in total. The number of piperidine rings is 1. The molecule has 2 aliphatic heterocycles. The number of guanidine groups is 1. The lowest BCUT2D eigenvalue weighted by Crippen LogP contribution is -2.40. The Balaban J connectivity index is 0.00000280. The number of aliphatic imine (C=N–C) groups is 1. The minimum atomic E-state index is -3.34. The molecule has 2 saturated heterocycles. The summed E-state index contributed by atoms with van der Waals surface area (Å²) >= 11 is 1.35. The van der Waals surface area contributed by atoms with Gasteiger partial charge in [-0.1, -0.05) is 20.3 Å². The van der Waals surface area contributed by atoms with E-state index in [1.807, 2.05) is 6.07 Å². The molecule has 160 valence electrons. The molecule has 0 atom stereocenters. The Hall–Kier alpha value is -0.390. The van der Waals surface area contributed by atoms with Gasteiger partial charge in [0.05, 0.1) is 6.54 Å². The van der Waals surface area contributed by atoms with Crippen LogP contribution in [0.25, 0.3) is 0 Å². The fourth-order valence-electron chi connectivity index (χ4n) is 3.69. The van der Waals surface area contributed by atoms with Gasteiger partial charge >= 0.3 is 0 Å². The Morgan fingerprint density at radius 1 is 1.21 bits per heavy atom. The van der Waals surface area contributed by atoms with Gasteiger partial charge in [-0.2, -0.15) is 4.31 Å². The third-order valence-electron chi connectivity index (χ3n) is 5.24. The van der Waals surface area contributed by atoms with Crippen LogP contribution < -0.4 is 5.32 Å². The van der Waals surface area contributed by atoms with Gasteiger partial charge in [-0.3, -0.25) is 0 Å². The van der Waals surface area contributed by atoms with Gasteiger partial charge in [0.25, 0.3) is 10.0 Å². The fraction of sp³-hybridized carbons (Fsp3) is 0.737. The molecule has 1 aromatic heterocycles. The number of nitrogens with zero attached hydrogens (tertiary/aromatic N) is 3. The Labute approximate surface area is 190 Å². The van der Waals surface area contributed by atoms with Crippen LogP contribution in [-0.4, -0.2) is 56.3 Å². The first kappa shape index (κ1) is 23.9. The van der Waals surface area contributed by atoms with Gasteiger partial charge in [0.15, 0.2) is 5.96 Å². The SMILES string of the molecule is CCNC(=NCc1ccc(S(=O)(=O)N2CCCCC2)s1)N1CCC(C)(C)C1.I. The maximum absolute atomic E-state index is 12.8. The molecule has 0 spiro atoms. The fourth-order valence-corrected chi connectivity index (χ4v) is 6.64. The van der Waals surface area contributed by atoms with E-state index in [0.29, 0.717) is 29.3 Å². The molecule has 0 radical (unpaired) electrons. The number of rotatable bonds is 5. The van der Waals surface area contributed by atoms with Crippen molar-refractivity contribution in [2.75, 3.05) is 32.7 Å². The minimum absolute atomic E-state index is 0. The van der Waals surface area contributed by atoms with Crippen LogP contribution in [0, 0.1) is 5.41 Å². The van der Waals surface area contributed by atoms with E-state index < -0.39 is 10.0 Å². The molecule has 0 unspecified atom stereocenters. The first-order valence-electron chi connectivity index (χ1n) is 9.94. The maximum Gasteiger partial charge on any atom is 0.252 e. The number of hydrogen-bond acceptors (Lipinski definition) is 4. The predicted octanol–water partition coefficient (Wildman–Crippen LogP) is 3.74. The quantitative estimate of drug-likeness (QED) is 0.351. The van der Waals surface area contributed by atoms with E-state index >= 15 is 0 Å². The van der Waals surface area contributed by atoms with Gasteiger partial charge in [-0.25, -0.2) is 13.4 Å². The summed E-state index contributed by atoms with van der Waals surface area (Å²) in [4.78, 5) is 8.07. The highest BCUT2D eigenvalue weighted by molar-refractivity contribution is 14.0. The summed E-state index contributed by atoms with van der Waals surface area (Å²) in [6.07, 6.45) is 4.20. The van der Waals surface area contributed by atoms with E-state index in [4.69, 9.17) is 4.99 Å². The third kappa shape index (κ3) is 5.82. The minimum Gasteiger partial charge on any atom is -0.357 e. The van der Waals surface area contributed by atoms with Crippen LogP contribution in [0.1, 0.15) is 51.3 Å². The zero-order chi connectivity index (χ0) is 19.5. The summed E-state index contributed by atoms with van der Waals surface area (Å²) in [7, 11) is -3.34. The van der Waals surface area contributed by atoms with Crippen molar-refractivity contribution in [2.45, 2.75) is 57.2 Å². The van der Waals surface area contributed by atoms with Gasteiger partial charge in [0, 0.05) is 37.6 Å². The van der Waals surface area contributed by atoms with Crippen molar-refractivity contribution in [3.63, 3.8) is 0 Å². The molecule has 9 heteroatoms. The molecular weight excluding hydrogens is 507 g/mol. The number of nitrogens with one attached hydrogen (secondary N) is 1. The first-order chi connectivity index (χ1) is 12.8. The van der Waals surface area contributed by atoms with Gasteiger partial charge in [0.1, 0.15) is 4.21 Å². The lowest BCUT2D eigenvalue weighted by molar-refractivity contribution is 0.347. The Bertz CT molecular complexity index is 771. The van der Waals surface area contributed by atoms with Crippen LogP contribution in [0.4, 0.5) is 0 Å². The standard InChI is InChI=1S/C19H32N4O2S2.HI/c1-4-20-18(22-13-10-19(2,3)15-22)21-14-16-8-9-17(26-16)27(24,25)23-11-6-5-7-12-23;/h8-9H,4-7,10-15H2,1-3H3,(H,20,21);1H. The Kier molecular flexibility index (Phi) is 8.60. The molecule has 0 aromatic carbocycles. The number of sulfonamides is 1. The van der Waals surface area contributed by atoms with Gasteiger partial charge in [0.2, 0.25) is 0 Å². The lowest BCUT2D eigenvalue weighted by Gasteiger charge is -2.25. The molecule has 1 aromatic rings. The molecule has 0 amide bonds. The van der Waals surface area contributed by atoms with Gasteiger partial charge < -0.3 is 10.2 Å². The molecule has 3 rings (SSSR count). The van der Waals surface area contributed by atoms with Crippen LogP contribution in [0.3, 0.4) is 0 Å². The molecule has 0 saturated carbocycles. The van der Waals surface area contributed by atoms with Crippen molar-refractivity contribution in [3.05, 3.63) is 17.0 Å². The summed E-state index contributed by atoms with van der Waals surface area (Å²) in [6, 6.07) is 3.65. The summed E-state index contributed by atoms with van der Waals surface area (Å²) in [6.45, 7) is 11.3. The average Bonchev–Trinajstić information content (AvgIpc) is 3.26. The third-order valence-corrected chi connectivity index (χ3v) is 8.68. The van der Waals surface area contributed by atoms with Crippen molar-refractivity contribution in [3.8, 4) is 0 Å². The second kappa shape index (κ2) is 10.1. The number of thiophene rings is 1. The molecule has 2 aliphatic rings. The molecule has 28 heavy (non-hydrogen) atoms. The molecule has 6 nitrogen and oxygen atoms in total. The highest BCUT2D eigenvalue weighted by Gasteiger charge is 2.31. The lowest BCUT2D eigenvalue weighted by atomic mass is 9.93. The highest BCUT2D eigenvalue weighted by Crippen LogP contribution is 2.30. The molecule has 3 heterocycles. The number of halogens is 1. The monoisotopic (exact) mass is 540 g/mol. The number of likely N-dealkylation sites (tertiary alicyclic amines) is 1. The van der Waals surface area contributed by atoms with Gasteiger partial charge in [-0.15, -0.1) is 35.3 Å². The largest absolute Gasteiger partial charge is 0.357 e. The van der Waals surface area contributed by atoms with Crippen LogP contribution in [0.5, 0.6) is 0 Å². The van der Waals surface area contributed by atoms with Crippen molar-refractivity contribution in [1.82, 2.24) is 14.5 Å². The zero-order valence-electron chi connectivity index (χ0n) is 17.1. The smallest absolute Gasteiger partial charge is 0.252 e. The first-order valence-corrected chi connectivity index (χ1v) is 12.2. The maximum atomic E-state index is 12.8.